The Bertz CT molecular complexity index is 1020. The predicted molar refractivity (Wildman–Crippen MR) is 111 cm³/mol. The van der Waals surface area contributed by atoms with Crippen LogP contribution in [0, 0.1) is 5.82 Å². The summed E-state index contributed by atoms with van der Waals surface area (Å²) in [6.45, 7) is 2.88. The number of halogens is 1. The third kappa shape index (κ3) is 4.85. The van der Waals surface area contributed by atoms with Crippen molar-refractivity contribution in [2.45, 2.75) is 31.1 Å². The van der Waals surface area contributed by atoms with Crippen molar-refractivity contribution in [2.75, 3.05) is 16.6 Å². The first kappa shape index (κ1) is 20.2. The van der Waals surface area contributed by atoms with E-state index < -0.39 is 20.7 Å². The molecule has 0 saturated carbocycles. The maximum absolute atomic E-state index is 13.9. The molecule has 0 fully saturated rings. The van der Waals surface area contributed by atoms with Crippen LogP contribution in [-0.4, -0.2) is 24.9 Å². The number of thiazole rings is 1. The van der Waals surface area contributed by atoms with Crippen molar-refractivity contribution in [2.24, 2.45) is 0 Å². The highest BCUT2D eigenvalue weighted by atomic mass is 32.2. The highest BCUT2D eigenvalue weighted by Crippen LogP contribution is 2.36. The maximum Gasteiger partial charge on any atom is 0.266 e. The zero-order valence-electron chi connectivity index (χ0n) is 15.4. The van der Waals surface area contributed by atoms with Gasteiger partial charge >= 0.3 is 0 Å². The quantitative estimate of drug-likeness (QED) is 0.488. The Morgan fingerprint density at radius 3 is 2.68 bits per heavy atom. The molecule has 0 radical (unpaired) electrons. The number of pyridine rings is 1. The number of aromatic nitrogens is 2. The zero-order valence-corrected chi connectivity index (χ0v) is 17.0. The van der Waals surface area contributed by atoms with Gasteiger partial charge in [0.15, 0.2) is 5.13 Å². The molecule has 9 heteroatoms. The second-order valence-electron chi connectivity index (χ2n) is 6.11. The van der Waals surface area contributed by atoms with Gasteiger partial charge in [-0.2, -0.15) is 0 Å². The second-order valence-corrected chi connectivity index (χ2v) is 8.76. The van der Waals surface area contributed by atoms with Gasteiger partial charge in [0.2, 0.25) is 0 Å². The number of hydrogen-bond acceptors (Lipinski definition) is 6. The minimum atomic E-state index is -4.08. The van der Waals surface area contributed by atoms with Gasteiger partial charge in [-0.25, -0.2) is 17.8 Å². The molecule has 0 spiro atoms. The molecule has 2 heterocycles. The van der Waals surface area contributed by atoms with Crippen molar-refractivity contribution in [3.05, 3.63) is 54.6 Å². The number of unbranched alkanes of at least 4 members (excludes halogenated alkanes) is 2. The van der Waals surface area contributed by atoms with Crippen LogP contribution in [0.4, 0.5) is 14.5 Å². The van der Waals surface area contributed by atoms with E-state index >= 15 is 0 Å². The number of nitrogens with one attached hydrogen (secondary N) is 2. The van der Waals surface area contributed by atoms with E-state index in [9.17, 15) is 12.8 Å². The van der Waals surface area contributed by atoms with Gasteiger partial charge in [-0.15, -0.1) is 0 Å². The average molecular weight is 421 g/mol. The molecule has 1 aromatic carbocycles. The summed E-state index contributed by atoms with van der Waals surface area (Å²) in [4.78, 5) is 8.12. The van der Waals surface area contributed by atoms with E-state index in [0.29, 0.717) is 5.69 Å². The Balaban J connectivity index is 1.89. The minimum Gasteiger partial charge on any atom is -0.375 e. The van der Waals surface area contributed by atoms with Crippen molar-refractivity contribution in [3.63, 3.8) is 0 Å². The Hall–Kier alpha value is -2.52. The Morgan fingerprint density at radius 2 is 1.96 bits per heavy atom. The smallest absolute Gasteiger partial charge is 0.266 e. The number of rotatable bonds is 9. The lowest BCUT2D eigenvalue weighted by molar-refractivity contribution is 0.570. The molecule has 0 amide bonds. The first-order valence-corrected chi connectivity index (χ1v) is 11.2. The first-order chi connectivity index (χ1) is 13.5. The van der Waals surface area contributed by atoms with Crippen LogP contribution in [-0.2, 0) is 10.0 Å². The van der Waals surface area contributed by atoms with E-state index in [1.54, 1.807) is 18.5 Å². The molecule has 6 nitrogen and oxygen atoms in total. The van der Waals surface area contributed by atoms with Crippen LogP contribution in [0.2, 0.25) is 0 Å². The average Bonchev–Trinajstić information content (AvgIpc) is 3.08. The molecule has 0 saturated heterocycles. The molecule has 3 aromatic rings. The van der Waals surface area contributed by atoms with Crippen LogP contribution < -0.4 is 10.0 Å². The van der Waals surface area contributed by atoms with Crippen molar-refractivity contribution in [3.8, 4) is 11.3 Å². The summed E-state index contributed by atoms with van der Waals surface area (Å²) in [5.41, 5.74) is 1.38. The van der Waals surface area contributed by atoms with Gasteiger partial charge in [0, 0.05) is 24.5 Å². The molecule has 0 aliphatic rings. The largest absolute Gasteiger partial charge is 0.375 e. The molecule has 2 aromatic heterocycles. The van der Waals surface area contributed by atoms with Gasteiger partial charge < -0.3 is 5.32 Å². The van der Waals surface area contributed by atoms with E-state index in [0.717, 1.165) is 42.4 Å². The van der Waals surface area contributed by atoms with Gasteiger partial charge in [-0.1, -0.05) is 43.2 Å². The topological polar surface area (TPSA) is 84.0 Å². The summed E-state index contributed by atoms with van der Waals surface area (Å²) < 4.78 is 41.4. The predicted octanol–water partition coefficient (Wildman–Crippen LogP) is 4.75. The Morgan fingerprint density at radius 1 is 1.14 bits per heavy atom. The first-order valence-electron chi connectivity index (χ1n) is 8.93. The standard InChI is InChI=1S/C19H21FN4O2S2/c1-2-3-6-12-22-18-17(14-8-7-11-21-13-14)23-19(27-18)24-28(25,26)16-10-5-4-9-15(16)20/h4-5,7-11,13,22H,2-3,6,12H2,1H3,(H,23,24). The summed E-state index contributed by atoms with van der Waals surface area (Å²) in [6, 6.07) is 8.89. The molecule has 2 N–H and O–H groups in total. The number of hydrogen-bond donors (Lipinski definition) is 2. The summed E-state index contributed by atoms with van der Waals surface area (Å²) >= 11 is 1.18. The summed E-state index contributed by atoms with van der Waals surface area (Å²) in [6.07, 6.45) is 6.53. The normalized spacial score (nSPS) is 11.4. The molecule has 0 aliphatic heterocycles. The fourth-order valence-electron chi connectivity index (χ4n) is 2.59. The van der Waals surface area contributed by atoms with Crippen LogP contribution in [0.25, 0.3) is 11.3 Å². The fraction of sp³-hybridized carbons (Fsp3) is 0.263. The summed E-state index contributed by atoms with van der Waals surface area (Å²) in [5.74, 6) is -0.808. The van der Waals surface area contributed by atoms with Crippen LogP contribution >= 0.6 is 11.3 Å². The molecule has 0 unspecified atom stereocenters. The lowest BCUT2D eigenvalue weighted by Gasteiger charge is -2.05. The molecular formula is C19H21FN4O2S2. The molecule has 28 heavy (non-hydrogen) atoms. The monoisotopic (exact) mass is 420 g/mol. The summed E-state index contributed by atoms with van der Waals surface area (Å²) in [5, 5.41) is 4.24. The summed E-state index contributed by atoms with van der Waals surface area (Å²) in [7, 11) is -4.08. The van der Waals surface area contributed by atoms with Gasteiger partial charge in [0.25, 0.3) is 10.0 Å². The molecule has 0 bridgehead atoms. The van der Waals surface area contributed by atoms with Crippen molar-refractivity contribution >= 4 is 31.5 Å². The van der Waals surface area contributed by atoms with E-state index in [-0.39, 0.29) is 5.13 Å². The van der Waals surface area contributed by atoms with E-state index in [4.69, 9.17) is 0 Å². The molecule has 3 rings (SSSR count). The van der Waals surface area contributed by atoms with Crippen molar-refractivity contribution in [1.82, 2.24) is 9.97 Å². The number of sulfonamides is 1. The van der Waals surface area contributed by atoms with Crippen molar-refractivity contribution < 1.29 is 12.8 Å². The van der Waals surface area contributed by atoms with Gasteiger partial charge in [-0.3, -0.25) is 9.71 Å². The van der Waals surface area contributed by atoms with E-state index in [1.807, 2.05) is 6.07 Å². The number of anilines is 2. The van der Waals surface area contributed by atoms with E-state index in [2.05, 4.69) is 26.9 Å². The zero-order chi connectivity index (χ0) is 20.0. The van der Waals surface area contributed by atoms with Crippen LogP contribution in [0.1, 0.15) is 26.2 Å². The molecule has 0 atom stereocenters. The van der Waals surface area contributed by atoms with Crippen LogP contribution in [0.15, 0.2) is 53.7 Å². The van der Waals surface area contributed by atoms with Crippen LogP contribution in [0.3, 0.4) is 0 Å². The SMILES string of the molecule is CCCCCNc1sc(NS(=O)(=O)c2ccccc2F)nc1-c1cccnc1. The van der Waals surface area contributed by atoms with Crippen LogP contribution in [0.5, 0.6) is 0 Å². The highest BCUT2D eigenvalue weighted by molar-refractivity contribution is 7.93. The number of nitrogens with zero attached hydrogens (tertiary/aromatic N) is 2. The molecular weight excluding hydrogens is 399 g/mol. The van der Waals surface area contributed by atoms with E-state index in [1.165, 1.54) is 29.5 Å². The maximum atomic E-state index is 13.9. The highest BCUT2D eigenvalue weighted by Gasteiger charge is 2.22. The fourth-order valence-corrected chi connectivity index (χ4v) is 4.82. The lowest BCUT2D eigenvalue weighted by Crippen LogP contribution is -2.14. The third-order valence-electron chi connectivity index (χ3n) is 3.98. The van der Waals surface area contributed by atoms with Gasteiger partial charge in [-0.05, 0) is 30.7 Å². The number of benzene rings is 1. The Labute approximate surface area is 167 Å². The molecule has 148 valence electrons. The van der Waals surface area contributed by atoms with Gasteiger partial charge in [0.05, 0.1) is 0 Å². The van der Waals surface area contributed by atoms with Crippen molar-refractivity contribution in [1.29, 1.82) is 0 Å². The van der Waals surface area contributed by atoms with Gasteiger partial charge in [0.1, 0.15) is 21.4 Å². The Kier molecular flexibility index (Phi) is 6.58. The lowest BCUT2D eigenvalue weighted by atomic mass is 10.2. The second kappa shape index (κ2) is 9.11. The molecule has 0 aliphatic carbocycles. The third-order valence-corrected chi connectivity index (χ3v) is 6.41. The minimum absolute atomic E-state index is 0.167.